The fourth-order valence-corrected chi connectivity index (χ4v) is 2.77. The molecule has 0 aliphatic heterocycles. The molecule has 1 heterocycles. The maximum Gasteiger partial charge on any atom is 0.270 e. The number of nitrogens with one attached hydrogen (secondary N) is 2. The van der Waals surface area contributed by atoms with Crippen molar-refractivity contribution >= 4 is 22.5 Å². The van der Waals surface area contributed by atoms with Crippen LogP contribution in [-0.2, 0) is 0 Å². The van der Waals surface area contributed by atoms with Gasteiger partial charge in [0, 0.05) is 34.8 Å². The van der Waals surface area contributed by atoms with Crippen molar-refractivity contribution in [3.63, 3.8) is 0 Å². The summed E-state index contributed by atoms with van der Waals surface area (Å²) in [6, 6.07) is 11.9. The van der Waals surface area contributed by atoms with Gasteiger partial charge in [-0.05, 0) is 31.0 Å². The highest BCUT2D eigenvalue weighted by Crippen LogP contribution is 2.24. The van der Waals surface area contributed by atoms with Crippen LogP contribution in [0.1, 0.15) is 34.5 Å². The Morgan fingerprint density at radius 2 is 2.00 bits per heavy atom. The zero-order valence-electron chi connectivity index (χ0n) is 13.4. The van der Waals surface area contributed by atoms with Crippen molar-refractivity contribution in [2.75, 3.05) is 0 Å². The van der Waals surface area contributed by atoms with Crippen LogP contribution in [0.3, 0.4) is 0 Å². The Labute approximate surface area is 138 Å². The van der Waals surface area contributed by atoms with Gasteiger partial charge in [-0.3, -0.25) is 14.9 Å². The Balaban J connectivity index is 1.87. The monoisotopic (exact) mass is 323 g/mol. The minimum Gasteiger partial charge on any atom is -0.361 e. The maximum absolute atomic E-state index is 12.5. The molecule has 122 valence electrons. The van der Waals surface area contributed by atoms with E-state index < -0.39 is 4.92 Å². The summed E-state index contributed by atoms with van der Waals surface area (Å²) in [7, 11) is 0. The highest BCUT2D eigenvalue weighted by atomic mass is 16.6. The van der Waals surface area contributed by atoms with Crippen molar-refractivity contribution < 1.29 is 9.72 Å². The molecule has 0 radical (unpaired) electrons. The van der Waals surface area contributed by atoms with Crippen LogP contribution in [0.25, 0.3) is 10.9 Å². The van der Waals surface area contributed by atoms with Crippen LogP contribution in [0.4, 0.5) is 5.69 Å². The zero-order chi connectivity index (χ0) is 17.3. The standard InChI is InChI=1S/C18H17N3O3/c1-11-7-8-13(21(23)24)9-15(11)18(22)20-12(2)16-10-19-17-6-4-3-5-14(16)17/h3-10,12,19H,1-2H3,(H,20,22). The Morgan fingerprint density at radius 3 is 2.75 bits per heavy atom. The minimum atomic E-state index is -0.501. The first kappa shape index (κ1) is 15.7. The molecule has 0 aliphatic carbocycles. The van der Waals surface area contributed by atoms with Gasteiger partial charge in [0.25, 0.3) is 11.6 Å². The van der Waals surface area contributed by atoms with Crippen LogP contribution in [0.15, 0.2) is 48.7 Å². The molecule has 1 atom stereocenters. The summed E-state index contributed by atoms with van der Waals surface area (Å²) in [4.78, 5) is 26.1. The van der Waals surface area contributed by atoms with Gasteiger partial charge in [0.05, 0.1) is 11.0 Å². The third-order valence-electron chi connectivity index (χ3n) is 4.11. The predicted molar refractivity (Wildman–Crippen MR) is 92.0 cm³/mol. The molecule has 1 aromatic heterocycles. The van der Waals surface area contributed by atoms with Crippen LogP contribution in [0.5, 0.6) is 0 Å². The van der Waals surface area contributed by atoms with Gasteiger partial charge >= 0.3 is 0 Å². The van der Waals surface area contributed by atoms with E-state index >= 15 is 0 Å². The van der Waals surface area contributed by atoms with Crippen LogP contribution in [0.2, 0.25) is 0 Å². The minimum absolute atomic E-state index is 0.0921. The van der Waals surface area contributed by atoms with Gasteiger partial charge in [0.1, 0.15) is 0 Å². The number of rotatable bonds is 4. The average Bonchev–Trinajstić information content (AvgIpc) is 2.99. The van der Waals surface area contributed by atoms with Crippen LogP contribution in [0, 0.1) is 17.0 Å². The summed E-state index contributed by atoms with van der Waals surface area (Å²) in [5, 5.41) is 14.9. The van der Waals surface area contributed by atoms with Gasteiger partial charge in [0.15, 0.2) is 0 Å². The number of amides is 1. The normalized spacial score (nSPS) is 12.1. The third-order valence-corrected chi connectivity index (χ3v) is 4.11. The van der Waals surface area contributed by atoms with Gasteiger partial charge < -0.3 is 10.3 Å². The molecule has 0 fully saturated rings. The van der Waals surface area contributed by atoms with E-state index in [9.17, 15) is 14.9 Å². The third kappa shape index (κ3) is 2.86. The molecule has 0 bridgehead atoms. The second-order valence-corrected chi connectivity index (χ2v) is 5.74. The lowest BCUT2D eigenvalue weighted by Gasteiger charge is -2.14. The van der Waals surface area contributed by atoms with Crippen molar-refractivity contribution in [1.82, 2.24) is 10.3 Å². The highest BCUT2D eigenvalue weighted by Gasteiger charge is 2.18. The second-order valence-electron chi connectivity index (χ2n) is 5.74. The number of carbonyl (C=O) groups is 1. The van der Waals surface area contributed by atoms with Gasteiger partial charge in [-0.2, -0.15) is 0 Å². The fourth-order valence-electron chi connectivity index (χ4n) is 2.77. The molecule has 0 saturated heterocycles. The first-order valence-corrected chi connectivity index (χ1v) is 7.59. The summed E-state index contributed by atoms with van der Waals surface area (Å²) in [5.74, 6) is -0.325. The number of carbonyl (C=O) groups excluding carboxylic acids is 1. The van der Waals surface area contributed by atoms with Gasteiger partial charge in [-0.25, -0.2) is 0 Å². The molecule has 0 saturated carbocycles. The lowest BCUT2D eigenvalue weighted by molar-refractivity contribution is -0.384. The number of para-hydroxylation sites is 1. The number of benzene rings is 2. The zero-order valence-corrected chi connectivity index (χ0v) is 13.4. The Bertz CT molecular complexity index is 930. The van der Waals surface area contributed by atoms with Crippen molar-refractivity contribution in [3.05, 3.63) is 75.5 Å². The fraction of sp³-hybridized carbons (Fsp3) is 0.167. The topological polar surface area (TPSA) is 88.0 Å². The largest absolute Gasteiger partial charge is 0.361 e. The SMILES string of the molecule is Cc1ccc([N+](=O)[O-])cc1C(=O)NC(C)c1c[nH]c2ccccc12. The number of aryl methyl sites for hydroxylation is 1. The molecule has 6 nitrogen and oxygen atoms in total. The van der Waals surface area contributed by atoms with Crippen molar-refractivity contribution in [2.24, 2.45) is 0 Å². The first-order valence-electron chi connectivity index (χ1n) is 7.59. The summed E-state index contributed by atoms with van der Waals surface area (Å²) >= 11 is 0. The number of nitro groups is 1. The molecule has 3 rings (SSSR count). The van der Waals surface area contributed by atoms with Crippen LogP contribution < -0.4 is 5.32 Å². The molecular formula is C18H17N3O3. The number of H-pyrrole nitrogens is 1. The summed E-state index contributed by atoms with van der Waals surface area (Å²) < 4.78 is 0. The smallest absolute Gasteiger partial charge is 0.270 e. The van der Waals surface area contributed by atoms with Crippen LogP contribution >= 0.6 is 0 Å². The van der Waals surface area contributed by atoms with E-state index in [1.54, 1.807) is 13.0 Å². The molecular weight excluding hydrogens is 306 g/mol. The van der Waals surface area contributed by atoms with E-state index in [2.05, 4.69) is 10.3 Å². The molecule has 2 N–H and O–H groups in total. The summed E-state index contributed by atoms with van der Waals surface area (Å²) in [5.41, 5.74) is 2.90. The molecule has 2 aromatic carbocycles. The number of hydrogen-bond acceptors (Lipinski definition) is 3. The van der Waals surface area contributed by atoms with Gasteiger partial charge in [-0.1, -0.05) is 24.3 Å². The van der Waals surface area contributed by atoms with Crippen molar-refractivity contribution in [1.29, 1.82) is 0 Å². The van der Waals surface area contributed by atoms with E-state index in [1.165, 1.54) is 12.1 Å². The molecule has 1 unspecified atom stereocenters. The Kier molecular flexibility index (Phi) is 4.04. The number of fused-ring (bicyclic) bond motifs is 1. The molecule has 3 aromatic rings. The van der Waals surface area contributed by atoms with E-state index in [4.69, 9.17) is 0 Å². The number of aromatic amines is 1. The van der Waals surface area contributed by atoms with E-state index in [1.807, 2.05) is 37.4 Å². The van der Waals surface area contributed by atoms with E-state index in [0.717, 1.165) is 16.5 Å². The molecule has 1 amide bonds. The molecule has 0 spiro atoms. The predicted octanol–water partition coefficient (Wildman–Crippen LogP) is 3.88. The van der Waals surface area contributed by atoms with Gasteiger partial charge in [0.2, 0.25) is 0 Å². The summed E-state index contributed by atoms with van der Waals surface area (Å²) in [6.45, 7) is 3.65. The summed E-state index contributed by atoms with van der Waals surface area (Å²) in [6.07, 6.45) is 1.87. The van der Waals surface area contributed by atoms with E-state index in [0.29, 0.717) is 11.1 Å². The quantitative estimate of drug-likeness (QED) is 0.564. The maximum atomic E-state index is 12.5. The number of non-ortho nitro benzene ring substituents is 1. The molecule has 24 heavy (non-hydrogen) atoms. The Hall–Kier alpha value is -3.15. The highest BCUT2D eigenvalue weighted by molar-refractivity contribution is 5.97. The molecule has 6 heteroatoms. The number of aromatic nitrogens is 1. The number of hydrogen-bond donors (Lipinski definition) is 2. The number of nitrogens with zero attached hydrogens (tertiary/aromatic N) is 1. The van der Waals surface area contributed by atoms with Crippen molar-refractivity contribution in [2.45, 2.75) is 19.9 Å². The first-order chi connectivity index (χ1) is 11.5. The van der Waals surface area contributed by atoms with Crippen molar-refractivity contribution in [3.8, 4) is 0 Å². The van der Waals surface area contributed by atoms with Crippen LogP contribution in [-0.4, -0.2) is 15.8 Å². The van der Waals surface area contributed by atoms with E-state index in [-0.39, 0.29) is 17.6 Å². The lowest BCUT2D eigenvalue weighted by atomic mass is 10.0. The number of nitro benzene ring substituents is 1. The average molecular weight is 323 g/mol. The molecule has 0 aliphatic rings. The second kappa shape index (κ2) is 6.16. The lowest BCUT2D eigenvalue weighted by Crippen LogP contribution is -2.27. The van der Waals surface area contributed by atoms with Gasteiger partial charge in [-0.15, -0.1) is 0 Å². The Morgan fingerprint density at radius 1 is 1.25 bits per heavy atom.